The van der Waals surface area contributed by atoms with Crippen molar-refractivity contribution in [3.8, 4) is 5.75 Å². The van der Waals surface area contributed by atoms with Crippen LogP contribution in [0.4, 0.5) is 0 Å². The summed E-state index contributed by atoms with van der Waals surface area (Å²) in [6.07, 6.45) is 0. The summed E-state index contributed by atoms with van der Waals surface area (Å²) in [4.78, 5) is 45.4. The molecule has 2 aromatic heterocycles. The van der Waals surface area contributed by atoms with Crippen molar-refractivity contribution in [2.75, 3.05) is 33.3 Å². The number of para-hydroxylation sites is 1. The van der Waals surface area contributed by atoms with Gasteiger partial charge in [-0.1, -0.05) is 62.4 Å². The van der Waals surface area contributed by atoms with Crippen molar-refractivity contribution >= 4 is 44.0 Å². The zero-order chi connectivity index (χ0) is 27.4. The molecule has 0 atom stereocenters. The molecule has 0 aliphatic carbocycles. The topological polar surface area (TPSA) is 71.8 Å². The van der Waals surface area contributed by atoms with E-state index >= 15 is 0 Å². The van der Waals surface area contributed by atoms with E-state index in [1.807, 2.05) is 49.1 Å². The fourth-order valence-corrected chi connectivity index (χ4v) is 6.06. The van der Waals surface area contributed by atoms with Gasteiger partial charge in [-0.2, -0.15) is 0 Å². The lowest BCUT2D eigenvalue weighted by molar-refractivity contribution is 0.0685. The minimum Gasteiger partial charge on any atom is -0.494 e. The zero-order valence-corrected chi connectivity index (χ0v) is 23.5. The van der Waals surface area contributed by atoms with Crippen molar-refractivity contribution in [2.24, 2.45) is 0 Å². The molecule has 0 saturated carbocycles. The standard InChI is InChI=1S/C30H35N3O4S/c1-6-31(7-2)17-18-32(20(3)4)30(36)28-26(37-5)25-27(38-28)22-15-11-12-16-23(22)33(29(25)35)19-24(34)21-13-9-8-10-14-21/h8-16,20H,6-7,17-19H2,1-5H3. The van der Waals surface area contributed by atoms with E-state index in [1.54, 1.807) is 24.3 Å². The molecule has 0 bridgehead atoms. The van der Waals surface area contributed by atoms with Crippen LogP contribution in [0.3, 0.4) is 0 Å². The number of fused-ring (bicyclic) bond motifs is 3. The van der Waals surface area contributed by atoms with Gasteiger partial charge >= 0.3 is 0 Å². The van der Waals surface area contributed by atoms with E-state index in [2.05, 4.69) is 18.7 Å². The SMILES string of the molecule is CCN(CC)CCN(C(=O)c1sc2c(c1OC)c(=O)n(CC(=O)c1ccccc1)c1ccccc21)C(C)C. The van der Waals surface area contributed by atoms with Crippen molar-refractivity contribution in [2.45, 2.75) is 40.3 Å². The predicted octanol–water partition coefficient (Wildman–Crippen LogP) is 5.30. The molecule has 0 radical (unpaired) electrons. The van der Waals surface area contributed by atoms with E-state index in [0.717, 1.165) is 25.0 Å². The van der Waals surface area contributed by atoms with Gasteiger partial charge in [0.05, 0.1) is 23.9 Å². The number of hydrogen-bond donors (Lipinski definition) is 0. The summed E-state index contributed by atoms with van der Waals surface area (Å²) in [5, 5.41) is 1.15. The third-order valence-electron chi connectivity index (χ3n) is 6.99. The lowest BCUT2D eigenvalue weighted by atomic mass is 10.1. The molecule has 0 saturated heterocycles. The van der Waals surface area contributed by atoms with Crippen molar-refractivity contribution in [3.05, 3.63) is 75.4 Å². The number of methoxy groups -OCH3 is 1. The molecule has 1 amide bonds. The largest absolute Gasteiger partial charge is 0.494 e. The highest BCUT2D eigenvalue weighted by molar-refractivity contribution is 7.22. The molecule has 0 fully saturated rings. The summed E-state index contributed by atoms with van der Waals surface area (Å²) in [6.45, 7) is 11.3. The molecule has 0 unspecified atom stereocenters. The molecule has 4 rings (SSSR count). The molecule has 7 nitrogen and oxygen atoms in total. The minimum atomic E-state index is -0.339. The summed E-state index contributed by atoms with van der Waals surface area (Å²) in [5.41, 5.74) is 0.853. The number of Topliss-reactive ketones (excluding diaryl/α,β-unsaturated/α-hetero) is 1. The smallest absolute Gasteiger partial charge is 0.268 e. The van der Waals surface area contributed by atoms with Gasteiger partial charge in [0.2, 0.25) is 0 Å². The average Bonchev–Trinajstić information content (AvgIpc) is 3.33. The van der Waals surface area contributed by atoms with Gasteiger partial charge in [0.15, 0.2) is 11.5 Å². The maximum absolute atomic E-state index is 13.9. The van der Waals surface area contributed by atoms with Crippen LogP contribution in [0.25, 0.3) is 21.0 Å². The van der Waals surface area contributed by atoms with Crippen molar-refractivity contribution in [1.29, 1.82) is 0 Å². The van der Waals surface area contributed by atoms with Crippen LogP contribution in [0, 0.1) is 0 Å². The second-order valence-corrected chi connectivity index (χ2v) is 10.5. The number of ketones is 1. The first-order valence-electron chi connectivity index (χ1n) is 13.1. The van der Waals surface area contributed by atoms with Crippen LogP contribution in [-0.2, 0) is 6.54 Å². The van der Waals surface area contributed by atoms with Gasteiger partial charge in [0.1, 0.15) is 10.3 Å². The zero-order valence-electron chi connectivity index (χ0n) is 22.7. The molecule has 0 aliphatic rings. The highest BCUT2D eigenvalue weighted by Crippen LogP contribution is 2.40. The van der Waals surface area contributed by atoms with E-state index in [4.69, 9.17) is 4.74 Å². The molecule has 4 aromatic rings. The second kappa shape index (κ2) is 11.9. The van der Waals surface area contributed by atoms with Gasteiger partial charge in [0, 0.05) is 30.1 Å². The van der Waals surface area contributed by atoms with Crippen LogP contribution in [-0.4, -0.2) is 65.4 Å². The summed E-state index contributed by atoms with van der Waals surface area (Å²) < 4.78 is 7.94. The number of pyridine rings is 1. The highest BCUT2D eigenvalue weighted by Gasteiger charge is 2.29. The summed E-state index contributed by atoms with van der Waals surface area (Å²) in [7, 11) is 1.49. The quantitative estimate of drug-likeness (QED) is 0.245. The van der Waals surface area contributed by atoms with Gasteiger partial charge in [-0.25, -0.2) is 0 Å². The third kappa shape index (κ3) is 5.24. The van der Waals surface area contributed by atoms with E-state index in [9.17, 15) is 14.4 Å². The van der Waals surface area contributed by atoms with Crippen LogP contribution in [0.5, 0.6) is 5.75 Å². The van der Waals surface area contributed by atoms with Crippen LogP contribution >= 0.6 is 11.3 Å². The Labute approximate surface area is 227 Å². The molecular weight excluding hydrogens is 498 g/mol. The number of amides is 1. The molecule has 200 valence electrons. The first kappa shape index (κ1) is 27.5. The molecule has 0 N–H and O–H groups in total. The third-order valence-corrected chi connectivity index (χ3v) is 8.19. The Morgan fingerprint density at radius 3 is 2.26 bits per heavy atom. The van der Waals surface area contributed by atoms with Crippen molar-refractivity contribution in [3.63, 3.8) is 0 Å². The molecule has 2 aromatic carbocycles. The highest BCUT2D eigenvalue weighted by atomic mass is 32.1. The molecule has 8 heteroatoms. The number of thiophene rings is 1. The first-order valence-corrected chi connectivity index (χ1v) is 13.9. The van der Waals surface area contributed by atoms with Gasteiger partial charge in [-0.05, 0) is 33.0 Å². The summed E-state index contributed by atoms with van der Waals surface area (Å²) in [6, 6.07) is 16.4. The van der Waals surface area contributed by atoms with Crippen molar-refractivity contribution in [1.82, 2.24) is 14.4 Å². The Balaban J connectivity index is 1.85. The molecule has 38 heavy (non-hydrogen) atoms. The Hall–Kier alpha value is -3.49. The summed E-state index contributed by atoms with van der Waals surface area (Å²) in [5.74, 6) is -0.0363. The number of aromatic nitrogens is 1. The summed E-state index contributed by atoms with van der Waals surface area (Å²) >= 11 is 1.29. The van der Waals surface area contributed by atoms with E-state index in [1.165, 1.54) is 23.0 Å². The molecule has 0 aliphatic heterocycles. The van der Waals surface area contributed by atoms with Crippen LogP contribution in [0.1, 0.15) is 47.7 Å². The van der Waals surface area contributed by atoms with E-state index in [-0.39, 0.29) is 35.6 Å². The fourth-order valence-electron chi connectivity index (χ4n) is 4.81. The number of carbonyl (C=O) groups is 2. The number of nitrogens with zero attached hydrogens (tertiary/aromatic N) is 3. The maximum atomic E-state index is 13.9. The Morgan fingerprint density at radius 2 is 1.63 bits per heavy atom. The number of benzene rings is 2. The van der Waals surface area contributed by atoms with E-state index in [0.29, 0.717) is 32.6 Å². The molecule has 2 heterocycles. The van der Waals surface area contributed by atoms with Crippen LogP contribution < -0.4 is 10.3 Å². The Kier molecular flexibility index (Phi) is 8.64. The maximum Gasteiger partial charge on any atom is 0.268 e. The van der Waals surface area contributed by atoms with Gasteiger partial charge in [-0.3, -0.25) is 19.0 Å². The number of carbonyl (C=O) groups excluding carboxylic acids is 2. The lowest BCUT2D eigenvalue weighted by Crippen LogP contribution is -2.42. The van der Waals surface area contributed by atoms with Crippen LogP contribution in [0.2, 0.25) is 0 Å². The van der Waals surface area contributed by atoms with Gasteiger partial charge in [0.25, 0.3) is 11.5 Å². The lowest BCUT2D eigenvalue weighted by Gasteiger charge is -2.29. The van der Waals surface area contributed by atoms with E-state index < -0.39 is 0 Å². The monoisotopic (exact) mass is 533 g/mol. The molecular formula is C30H35N3O4S. The van der Waals surface area contributed by atoms with Gasteiger partial charge in [-0.15, -0.1) is 11.3 Å². The minimum absolute atomic E-state index is 0.0233. The number of ether oxygens (including phenoxy) is 1. The molecule has 0 spiro atoms. The second-order valence-electron chi connectivity index (χ2n) is 9.49. The van der Waals surface area contributed by atoms with Crippen molar-refractivity contribution < 1.29 is 14.3 Å². The van der Waals surface area contributed by atoms with Gasteiger partial charge < -0.3 is 14.5 Å². The Morgan fingerprint density at radius 1 is 0.974 bits per heavy atom. The first-order chi connectivity index (χ1) is 18.3. The predicted molar refractivity (Wildman–Crippen MR) is 155 cm³/mol. The normalized spacial score (nSPS) is 11.6. The number of likely N-dealkylation sites (N-methyl/N-ethyl adjacent to an activating group) is 1. The number of hydrogen-bond acceptors (Lipinski definition) is 6. The fraction of sp³-hybridized carbons (Fsp3) is 0.367. The average molecular weight is 534 g/mol. The Bertz CT molecular complexity index is 1500. The number of rotatable bonds is 11. The van der Waals surface area contributed by atoms with Crippen LogP contribution in [0.15, 0.2) is 59.4 Å².